The predicted molar refractivity (Wildman–Crippen MR) is 80.6 cm³/mol. The van der Waals surface area contributed by atoms with E-state index in [4.69, 9.17) is 10.6 Å². The molecule has 0 unspecified atom stereocenters. The van der Waals surface area contributed by atoms with Crippen LogP contribution in [0.3, 0.4) is 0 Å². The quantitative estimate of drug-likeness (QED) is 0.858. The molecule has 0 aliphatic heterocycles. The highest BCUT2D eigenvalue weighted by molar-refractivity contribution is 7.09. The van der Waals surface area contributed by atoms with Crippen molar-refractivity contribution in [3.05, 3.63) is 45.9 Å². The summed E-state index contributed by atoms with van der Waals surface area (Å²) in [7, 11) is 0. The Morgan fingerprint density at radius 1 is 1.15 bits per heavy atom. The van der Waals surface area contributed by atoms with Crippen LogP contribution in [0, 0.1) is 0 Å². The molecule has 1 aromatic carbocycles. The number of aromatic nitrogens is 1. The first-order chi connectivity index (χ1) is 9.49. The molecule has 0 fully saturated rings. The molecule has 0 aliphatic rings. The second kappa shape index (κ2) is 6.35. The van der Waals surface area contributed by atoms with Crippen LogP contribution in [0.4, 0.5) is 0 Å². The van der Waals surface area contributed by atoms with Crippen molar-refractivity contribution in [1.29, 1.82) is 0 Å². The Balaban J connectivity index is 1.93. The molecular formula is C15H20N2O2S. The van der Waals surface area contributed by atoms with E-state index in [9.17, 15) is 0 Å². The SMILES string of the molecule is CC(C)(C)c1ccc(OCc2nc(CON)cs2)cc1. The van der Waals surface area contributed by atoms with Crippen LogP contribution in [0.25, 0.3) is 0 Å². The first-order valence-electron chi connectivity index (χ1n) is 6.47. The molecule has 108 valence electrons. The molecule has 2 N–H and O–H groups in total. The van der Waals surface area contributed by atoms with Gasteiger partial charge < -0.3 is 4.74 Å². The fourth-order valence-electron chi connectivity index (χ4n) is 1.76. The van der Waals surface area contributed by atoms with Crippen LogP contribution >= 0.6 is 11.3 Å². The average Bonchev–Trinajstić information content (AvgIpc) is 2.84. The summed E-state index contributed by atoms with van der Waals surface area (Å²) in [6, 6.07) is 8.20. The van der Waals surface area contributed by atoms with E-state index < -0.39 is 0 Å². The maximum atomic E-state index is 5.73. The number of nitrogens with two attached hydrogens (primary N) is 1. The van der Waals surface area contributed by atoms with Gasteiger partial charge in [0.2, 0.25) is 0 Å². The van der Waals surface area contributed by atoms with Crippen molar-refractivity contribution >= 4 is 11.3 Å². The number of rotatable bonds is 5. The Labute approximate surface area is 123 Å². The summed E-state index contributed by atoms with van der Waals surface area (Å²) in [6.45, 7) is 7.37. The Kier molecular flexibility index (Phi) is 4.75. The van der Waals surface area contributed by atoms with Gasteiger partial charge in [0.15, 0.2) is 0 Å². The maximum Gasteiger partial charge on any atom is 0.140 e. The van der Waals surface area contributed by atoms with E-state index >= 15 is 0 Å². The Hall–Kier alpha value is -1.43. The minimum Gasteiger partial charge on any atom is -0.486 e. The number of nitrogens with zero attached hydrogens (tertiary/aromatic N) is 1. The molecule has 0 aliphatic carbocycles. The third-order valence-electron chi connectivity index (χ3n) is 2.91. The minimum absolute atomic E-state index is 0.158. The number of hydrogen-bond donors (Lipinski definition) is 1. The van der Waals surface area contributed by atoms with E-state index in [-0.39, 0.29) is 5.41 Å². The highest BCUT2D eigenvalue weighted by atomic mass is 32.1. The summed E-state index contributed by atoms with van der Waals surface area (Å²) < 4.78 is 5.73. The molecular weight excluding hydrogens is 272 g/mol. The van der Waals surface area contributed by atoms with Crippen molar-refractivity contribution in [3.63, 3.8) is 0 Å². The summed E-state index contributed by atoms with van der Waals surface area (Å²) in [4.78, 5) is 8.91. The molecule has 20 heavy (non-hydrogen) atoms. The van der Waals surface area contributed by atoms with Gasteiger partial charge >= 0.3 is 0 Å². The minimum atomic E-state index is 0.158. The molecule has 5 heteroatoms. The maximum absolute atomic E-state index is 5.73. The standard InChI is InChI=1S/C15H20N2O2S/c1-15(2,3)11-4-6-13(7-5-11)18-9-14-17-12(8-19-16)10-20-14/h4-7,10H,8-9,16H2,1-3H3. The summed E-state index contributed by atoms with van der Waals surface area (Å²) in [5.74, 6) is 5.87. The second-order valence-corrected chi connectivity index (χ2v) is 6.55. The largest absolute Gasteiger partial charge is 0.486 e. The van der Waals surface area contributed by atoms with Gasteiger partial charge in [0.25, 0.3) is 0 Å². The van der Waals surface area contributed by atoms with Gasteiger partial charge in [-0.25, -0.2) is 10.9 Å². The van der Waals surface area contributed by atoms with Gasteiger partial charge in [-0.15, -0.1) is 11.3 Å². The number of thiazole rings is 1. The van der Waals surface area contributed by atoms with Crippen molar-refractivity contribution in [1.82, 2.24) is 4.98 Å². The Bertz CT molecular complexity index is 544. The van der Waals surface area contributed by atoms with E-state index in [0.717, 1.165) is 16.5 Å². The van der Waals surface area contributed by atoms with Crippen molar-refractivity contribution in [2.45, 2.75) is 39.4 Å². The lowest BCUT2D eigenvalue weighted by atomic mass is 9.87. The van der Waals surface area contributed by atoms with Crippen LogP contribution in [-0.4, -0.2) is 4.98 Å². The first kappa shape index (κ1) is 15.0. The summed E-state index contributed by atoms with van der Waals surface area (Å²) >= 11 is 1.54. The number of benzene rings is 1. The smallest absolute Gasteiger partial charge is 0.140 e. The fourth-order valence-corrected chi connectivity index (χ4v) is 2.45. The van der Waals surface area contributed by atoms with Gasteiger partial charge in [0.1, 0.15) is 24.0 Å². The van der Waals surface area contributed by atoms with E-state index in [1.165, 1.54) is 5.56 Å². The van der Waals surface area contributed by atoms with Crippen molar-refractivity contribution in [3.8, 4) is 5.75 Å². The molecule has 0 spiro atoms. The third kappa shape index (κ3) is 4.03. The van der Waals surface area contributed by atoms with Crippen LogP contribution in [0.2, 0.25) is 0 Å². The zero-order valence-corrected chi connectivity index (χ0v) is 12.9. The molecule has 0 saturated carbocycles. The Morgan fingerprint density at radius 3 is 2.45 bits per heavy atom. The molecule has 2 aromatic rings. The monoisotopic (exact) mass is 292 g/mol. The topological polar surface area (TPSA) is 57.4 Å². The molecule has 4 nitrogen and oxygen atoms in total. The molecule has 0 saturated heterocycles. The van der Waals surface area contributed by atoms with Gasteiger partial charge in [-0.3, -0.25) is 4.84 Å². The van der Waals surface area contributed by atoms with Crippen LogP contribution in [-0.2, 0) is 23.5 Å². The molecule has 0 radical (unpaired) electrons. The molecule has 0 bridgehead atoms. The molecule has 1 heterocycles. The van der Waals surface area contributed by atoms with Crippen LogP contribution in [0.15, 0.2) is 29.6 Å². The first-order valence-corrected chi connectivity index (χ1v) is 7.35. The van der Waals surface area contributed by atoms with Gasteiger partial charge in [-0.05, 0) is 23.1 Å². The van der Waals surface area contributed by atoms with E-state index in [2.05, 4.69) is 42.7 Å². The summed E-state index contributed by atoms with van der Waals surface area (Å²) in [6.07, 6.45) is 0. The highest BCUT2D eigenvalue weighted by Crippen LogP contribution is 2.24. The van der Waals surface area contributed by atoms with Crippen LogP contribution < -0.4 is 10.6 Å². The van der Waals surface area contributed by atoms with Gasteiger partial charge in [0, 0.05) is 5.38 Å². The van der Waals surface area contributed by atoms with Crippen LogP contribution in [0.1, 0.15) is 37.0 Å². The zero-order valence-electron chi connectivity index (χ0n) is 12.1. The summed E-state index contributed by atoms with van der Waals surface area (Å²) in [5.41, 5.74) is 2.28. The normalized spacial score (nSPS) is 11.6. The van der Waals surface area contributed by atoms with E-state index in [1.54, 1.807) is 11.3 Å². The zero-order chi connectivity index (χ0) is 14.6. The van der Waals surface area contributed by atoms with E-state index in [0.29, 0.717) is 13.2 Å². The van der Waals surface area contributed by atoms with Gasteiger partial charge in [-0.2, -0.15) is 0 Å². The lowest BCUT2D eigenvalue weighted by molar-refractivity contribution is 0.121. The fraction of sp³-hybridized carbons (Fsp3) is 0.400. The van der Waals surface area contributed by atoms with Crippen molar-refractivity contribution in [2.24, 2.45) is 5.90 Å². The molecule has 0 amide bonds. The average molecular weight is 292 g/mol. The van der Waals surface area contributed by atoms with Gasteiger partial charge in [0.05, 0.1) is 5.69 Å². The molecule has 1 aromatic heterocycles. The predicted octanol–water partition coefficient (Wildman–Crippen LogP) is 3.41. The summed E-state index contributed by atoms with van der Waals surface area (Å²) in [5, 5.41) is 2.84. The lowest BCUT2D eigenvalue weighted by Gasteiger charge is -2.19. The molecule has 2 rings (SSSR count). The number of ether oxygens (including phenoxy) is 1. The van der Waals surface area contributed by atoms with Crippen LogP contribution in [0.5, 0.6) is 5.75 Å². The lowest BCUT2D eigenvalue weighted by Crippen LogP contribution is -2.10. The molecule has 0 atom stereocenters. The number of hydrogen-bond acceptors (Lipinski definition) is 5. The van der Waals surface area contributed by atoms with Crippen molar-refractivity contribution in [2.75, 3.05) is 0 Å². The second-order valence-electron chi connectivity index (χ2n) is 5.61. The Morgan fingerprint density at radius 2 is 1.85 bits per heavy atom. The highest BCUT2D eigenvalue weighted by Gasteiger charge is 2.13. The van der Waals surface area contributed by atoms with Crippen molar-refractivity contribution < 1.29 is 9.57 Å². The third-order valence-corrected chi connectivity index (χ3v) is 3.78. The van der Waals surface area contributed by atoms with Gasteiger partial charge in [-0.1, -0.05) is 32.9 Å². The van der Waals surface area contributed by atoms with E-state index in [1.807, 2.05) is 17.5 Å².